The molecule has 2 rings (SSSR count). The number of amides is 2. The second-order valence-electron chi connectivity index (χ2n) is 6.27. The quantitative estimate of drug-likeness (QED) is 0.651. The lowest BCUT2D eigenvalue weighted by Gasteiger charge is -2.08. The standard InChI is InChI=1S/C21H23ClN2O4/c1-3-15-5-8-16(9-6-15)23-20(26)13-28-21(27)11-10-19(25)24-17-7-4-14(2)18(22)12-17/h4-9,12H,3,10-11,13H2,1-2H3,(H,23,26)(H,24,25). The van der Waals surface area contributed by atoms with Crippen molar-refractivity contribution in [1.29, 1.82) is 0 Å². The molecule has 0 bridgehead atoms. The van der Waals surface area contributed by atoms with Gasteiger partial charge in [0.2, 0.25) is 5.91 Å². The fourth-order valence-electron chi connectivity index (χ4n) is 2.35. The van der Waals surface area contributed by atoms with Crippen LogP contribution in [0.2, 0.25) is 5.02 Å². The van der Waals surface area contributed by atoms with Gasteiger partial charge in [-0.15, -0.1) is 0 Å². The van der Waals surface area contributed by atoms with Crippen molar-refractivity contribution in [2.45, 2.75) is 33.1 Å². The summed E-state index contributed by atoms with van der Waals surface area (Å²) in [5.74, 6) is -1.39. The number of nitrogens with one attached hydrogen (secondary N) is 2. The van der Waals surface area contributed by atoms with Crippen molar-refractivity contribution in [2.24, 2.45) is 0 Å². The van der Waals surface area contributed by atoms with E-state index in [1.807, 2.05) is 26.0 Å². The third-order valence-electron chi connectivity index (χ3n) is 4.02. The summed E-state index contributed by atoms with van der Waals surface area (Å²) in [5.41, 5.74) is 3.26. The summed E-state index contributed by atoms with van der Waals surface area (Å²) in [7, 11) is 0. The number of benzene rings is 2. The molecule has 2 N–H and O–H groups in total. The van der Waals surface area contributed by atoms with E-state index in [4.69, 9.17) is 16.3 Å². The van der Waals surface area contributed by atoms with Crippen molar-refractivity contribution in [3.05, 3.63) is 58.6 Å². The van der Waals surface area contributed by atoms with Crippen LogP contribution in [-0.4, -0.2) is 24.4 Å². The number of esters is 1. The maximum Gasteiger partial charge on any atom is 0.306 e. The second-order valence-corrected chi connectivity index (χ2v) is 6.68. The molecule has 0 atom stereocenters. The second kappa shape index (κ2) is 10.5. The third-order valence-corrected chi connectivity index (χ3v) is 4.43. The Balaban J connectivity index is 1.69. The summed E-state index contributed by atoms with van der Waals surface area (Å²) < 4.78 is 4.90. The molecule has 7 heteroatoms. The topological polar surface area (TPSA) is 84.5 Å². The Labute approximate surface area is 169 Å². The lowest BCUT2D eigenvalue weighted by Crippen LogP contribution is -2.21. The average Bonchev–Trinajstić information content (AvgIpc) is 2.68. The molecule has 0 radical (unpaired) electrons. The average molecular weight is 403 g/mol. The molecule has 0 aliphatic heterocycles. The number of anilines is 2. The first-order valence-corrected chi connectivity index (χ1v) is 9.35. The fourth-order valence-corrected chi connectivity index (χ4v) is 2.53. The van der Waals surface area contributed by atoms with Crippen molar-refractivity contribution in [1.82, 2.24) is 0 Å². The SMILES string of the molecule is CCc1ccc(NC(=O)COC(=O)CCC(=O)Nc2ccc(C)c(Cl)c2)cc1. The maximum absolute atomic E-state index is 11.9. The van der Waals surface area contributed by atoms with Crippen LogP contribution < -0.4 is 10.6 Å². The van der Waals surface area contributed by atoms with Gasteiger partial charge in [0.15, 0.2) is 6.61 Å². The molecule has 0 fully saturated rings. The van der Waals surface area contributed by atoms with Crippen LogP contribution in [-0.2, 0) is 25.5 Å². The van der Waals surface area contributed by atoms with Gasteiger partial charge in [-0.3, -0.25) is 14.4 Å². The highest BCUT2D eigenvalue weighted by Gasteiger charge is 2.11. The third kappa shape index (κ3) is 7.04. The van der Waals surface area contributed by atoms with Gasteiger partial charge < -0.3 is 15.4 Å². The Bertz CT molecular complexity index is 850. The minimum absolute atomic E-state index is 0.0512. The minimum Gasteiger partial charge on any atom is -0.456 e. The Morgan fingerprint density at radius 2 is 1.57 bits per heavy atom. The number of aryl methyl sites for hydroxylation is 2. The van der Waals surface area contributed by atoms with E-state index in [1.165, 1.54) is 0 Å². The summed E-state index contributed by atoms with van der Waals surface area (Å²) in [4.78, 5) is 35.5. The summed E-state index contributed by atoms with van der Waals surface area (Å²) in [6.07, 6.45) is 0.741. The molecule has 0 spiro atoms. The lowest BCUT2D eigenvalue weighted by atomic mass is 10.1. The van der Waals surface area contributed by atoms with Crippen molar-refractivity contribution in [2.75, 3.05) is 17.2 Å². The van der Waals surface area contributed by atoms with Crippen molar-refractivity contribution >= 4 is 40.8 Å². The molecule has 0 saturated heterocycles. The summed E-state index contributed by atoms with van der Waals surface area (Å²) in [6.45, 7) is 3.51. The van der Waals surface area contributed by atoms with Gasteiger partial charge in [0.25, 0.3) is 5.91 Å². The first-order chi connectivity index (χ1) is 13.4. The highest BCUT2D eigenvalue weighted by atomic mass is 35.5. The zero-order valence-corrected chi connectivity index (χ0v) is 16.6. The highest BCUT2D eigenvalue weighted by Crippen LogP contribution is 2.20. The maximum atomic E-state index is 11.9. The normalized spacial score (nSPS) is 10.2. The molecule has 6 nitrogen and oxygen atoms in total. The van der Waals surface area contributed by atoms with Crippen LogP contribution in [0.4, 0.5) is 11.4 Å². The van der Waals surface area contributed by atoms with Gasteiger partial charge in [0.1, 0.15) is 0 Å². The smallest absolute Gasteiger partial charge is 0.306 e. The molecule has 28 heavy (non-hydrogen) atoms. The zero-order chi connectivity index (χ0) is 20.5. The fraction of sp³-hybridized carbons (Fsp3) is 0.286. The highest BCUT2D eigenvalue weighted by molar-refractivity contribution is 6.31. The summed E-state index contributed by atoms with van der Waals surface area (Å²) >= 11 is 6.01. The van der Waals surface area contributed by atoms with Crippen LogP contribution in [0, 0.1) is 6.92 Å². The molecule has 2 amide bonds. The van der Waals surface area contributed by atoms with E-state index < -0.39 is 18.5 Å². The first-order valence-electron chi connectivity index (χ1n) is 8.97. The molecule has 2 aromatic rings. The summed E-state index contributed by atoms with van der Waals surface area (Å²) in [6, 6.07) is 12.6. The van der Waals surface area contributed by atoms with Crippen molar-refractivity contribution < 1.29 is 19.1 Å². The zero-order valence-electron chi connectivity index (χ0n) is 15.9. The molecule has 0 heterocycles. The van der Waals surface area contributed by atoms with E-state index in [1.54, 1.807) is 30.3 Å². The van der Waals surface area contributed by atoms with E-state index in [-0.39, 0.29) is 18.7 Å². The molecule has 2 aromatic carbocycles. The molecule has 0 aromatic heterocycles. The number of halogens is 1. The molecule has 0 aliphatic carbocycles. The van der Waals surface area contributed by atoms with E-state index in [9.17, 15) is 14.4 Å². The van der Waals surface area contributed by atoms with Gasteiger partial charge in [-0.1, -0.05) is 36.7 Å². The van der Waals surface area contributed by atoms with E-state index in [0.29, 0.717) is 16.4 Å². The van der Waals surface area contributed by atoms with E-state index >= 15 is 0 Å². The summed E-state index contributed by atoms with van der Waals surface area (Å²) in [5, 5.41) is 5.86. The number of hydrogen-bond acceptors (Lipinski definition) is 4. The van der Waals surface area contributed by atoms with Crippen molar-refractivity contribution in [3.63, 3.8) is 0 Å². The number of ether oxygens (including phenoxy) is 1. The van der Waals surface area contributed by atoms with Crippen LogP contribution in [0.3, 0.4) is 0 Å². The molecule has 0 aliphatic rings. The monoisotopic (exact) mass is 402 g/mol. The van der Waals surface area contributed by atoms with Gasteiger partial charge in [-0.25, -0.2) is 0 Å². The van der Waals surface area contributed by atoms with Crippen LogP contribution in [0.25, 0.3) is 0 Å². The van der Waals surface area contributed by atoms with Gasteiger partial charge >= 0.3 is 5.97 Å². The Hall–Kier alpha value is -2.86. The van der Waals surface area contributed by atoms with Gasteiger partial charge in [-0.2, -0.15) is 0 Å². The van der Waals surface area contributed by atoms with Crippen LogP contribution >= 0.6 is 11.6 Å². The van der Waals surface area contributed by atoms with E-state index in [2.05, 4.69) is 10.6 Å². The van der Waals surface area contributed by atoms with Crippen LogP contribution in [0.5, 0.6) is 0 Å². The van der Waals surface area contributed by atoms with Crippen LogP contribution in [0.1, 0.15) is 30.9 Å². The van der Waals surface area contributed by atoms with Crippen molar-refractivity contribution in [3.8, 4) is 0 Å². The van der Waals surface area contributed by atoms with E-state index in [0.717, 1.165) is 17.5 Å². The molecular formula is C21H23ClN2O4. The van der Waals surface area contributed by atoms with Crippen LogP contribution in [0.15, 0.2) is 42.5 Å². The minimum atomic E-state index is -0.617. The number of carbonyl (C=O) groups excluding carboxylic acids is 3. The Morgan fingerprint density at radius 1 is 0.929 bits per heavy atom. The van der Waals surface area contributed by atoms with Gasteiger partial charge in [-0.05, 0) is 48.7 Å². The Kier molecular flexibility index (Phi) is 8.02. The van der Waals surface area contributed by atoms with Gasteiger partial charge in [0, 0.05) is 22.8 Å². The predicted octanol–water partition coefficient (Wildman–Crippen LogP) is 4.11. The largest absolute Gasteiger partial charge is 0.456 e. The number of rotatable bonds is 8. The predicted molar refractivity (Wildman–Crippen MR) is 109 cm³/mol. The number of hydrogen-bond donors (Lipinski definition) is 2. The molecule has 0 saturated carbocycles. The lowest BCUT2D eigenvalue weighted by molar-refractivity contribution is -0.147. The Morgan fingerprint density at radius 3 is 2.21 bits per heavy atom. The molecule has 148 valence electrons. The first kappa shape index (κ1) is 21.4. The molecule has 0 unspecified atom stereocenters. The van der Waals surface area contributed by atoms with Gasteiger partial charge in [0.05, 0.1) is 6.42 Å². The number of carbonyl (C=O) groups is 3. The molecular weight excluding hydrogens is 380 g/mol.